The lowest BCUT2D eigenvalue weighted by Gasteiger charge is -2.23. The molecule has 5 atom stereocenters. The van der Waals surface area contributed by atoms with E-state index in [1.54, 1.807) is 0 Å². The van der Waals surface area contributed by atoms with Crippen molar-refractivity contribution in [3.05, 3.63) is 0 Å². The van der Waals surface area contributed by atoms with Gasteiger partial charge in [0.25, 0.3) is 0 Å². The lowest BCUT2D eigenvalue weighted by atomic mass is 9.96. The zero-order valence-corrected chi connectivity index (χ0v) is 16.4. The van der Waals surface area contributed by atoms with Crippen LogP contribution in [-0.4, -0.2) is 134 Å². The van der Waals surface area contributed by atoms with Crippen LogP contribution in [0.5, 0.6) is 0 Å². The number of hydrogen-bond acceptors (Lipinski definition) is 12. The van der Waals surface area contributed by atoms with Crippen LogP contribution < -0.4 is 0 Å². The van der Waals surface area contributed by atoms with Crippen molar-refractivity contribution in [2.24, 2.45) is 0 Å². The molecule has 0 spiro atoms. The monoisotopic (exact) mass is 478 g/mol. The van der Waals surface area contributed by atoms with Crippen molar-refractivity contribution in [1.29, 1.82) is 0 Å². The summed E-state index contributed by atoms with van der Waals surface area (Å²) in [4.78, 5) is 50.0. The van der Waals surface area contributed by atoms with Crippen LogP contribution in [0.25, 0.3) is 0 Å². The van der Waals surface area contributed by atoms with Crippen LogP contribution in [0.2, 0.25) is 0 Å². The van der Waals surface area contributed by atoms with Crippen molar-refractivity contribution in [1.82, 2.24) is 0 Å². The molecular formula is C15H26O17. The van der Waals surface area contributed by atoms with Crippen molar-refractivity contribution >= 4 is 29.8 Å². The number of aliphatic hydroxyl groups is 7. The molecule has 17 heteroatoms. The van der Waals surface area contributed by atoms with Gasteiger partial charge in [-0.1, -0.05) is 0 Å². The van der Waals surface area contributed by atoms with Crippen molar-refractivity contribution in [3.8, 4) is 0 Å². The molecule has 0 amide bonds. The fourth-order valence-electron chi connectivity index (χ4n) is 1.38. The molecule has 5 unspecified atom stereocenters. The van der Waals surface area contributed by atoms with Gasteiger partial charge in [0.1, 0.15) is 24.4 Å². The van der Waals surface area contributed by atoms with Crippen molar-refractivity contribution < 1.29 is 85.3 Å². The molecule has 12 N–H and O–H groups in total. The van der Waals surface area contributed by atoms with Crippen molar-refractivity contribution in [2.75, 3.05) is 6.61 Å². The van der Waals surface area contributed by atoms with E-state index in [0.29, 0.717) is 0 Å². The topological polar surface area (TPSA) is 328 Å². The van der Waals surface area contributed by atoms with Crippen LogP contribution in [0, 0.1) is 0 Å². The van der Waals surface area contributed by atoms with Crippen LogP contribution in [0.4, 0.5) is 0 Å². The molecule has 17 nitrogen and oxygen atoms in total. The summed E-state index contributed by atoms with van der Waals surface area (Å²) in [5.74, 6) is -7.93. The normalized spacial score (nSPS) is 15.2. The number of rotatable bonds is 11. The van der Waals surface area contributed by atoms with Crippen LogP contribution in [0.3, 0.4) is 0 Å². The molecule has 0 bridgehead atoms. The highest BCUT2D eigenvalue weighted by atomic mass is 16.4. The third-order valence-corrected chi connectivity index (χ3v) is 3.15. The van der Waals surface area contributed by atoms with Gasteiger partial charge in [0.2, 0.25) is 0 Å². The van der Waals surface area contributed by atoms with Crippen LogP contribution >= 0.6 is 0 Å². The summed E-state index contributed by atoms with van der Waals surface area (Å²) in [6.45, 7) is 0.354. The Kier molecular flexibility index (Phi) is 16.7. The molecule has 0 aromatic heterocycles. The van der Waals surface area contributed by atoms with Gasteiger partial charge in [-0.2, -0.15) is 0 Å². The number of aliphatic carboxylic acids is 5. The minimum Gasteiger partial charge on any atom is -0.481 e. The highest BCUT2D eigenvalue weighted by molar-refractivity contribution is 5.88. The Labute approximate surface area is 178 Å². The molecule has 0 aliphatic rings. The van der Waals surface area contributed by atoms with Gasteiger partial charge in [0.05, 0.1) is 19.4 Å². The van der Waals surface area contributed by atoms with Crippen LogP contribution in [-0.2, 0) is 24.0 Å². The summed E-state index contributed by atoms with van der Waals surface area (Å²) in [5, 5.41) is 101. The number of carbonyl (C=O) groups is 5. The molecule has 0 saturated carbocycles. The summed E-state index contributed by atoms with van der Waals surface area (Å²) in [6, 6.07) is 0. The average molecular weight is 478 g/mol. The molecule has 32 heavy (non-hydrogen) atoms. The Bertz CT molecular complexity index is 613. The summed E-state index contributed by atoms with van der Waals surface area (Å²) < 4.78 is 0. The Morgan fingerprint density at radius 3 is 1.25 bits per heavy atom. The smallest absolute Gasteiger partial charge is 0.336 e. The number of carboxylic acids is 5. The highest BCUT2D eigenvalue weighted by Crippen LogP contribution is 2.15. The fraction of sp³-hybridized carbons (Fsp3) is 0.667. The molecular weight excluding hydrogens is 452 g/mol. The first kappa shape index (κ1) is 33.7. The summed E-state index contributed by atoms with van der Waals surface area (Å²) in [5.41, 5.74) is -2.74. The maximum atomic E-state index is 10.3. The minimum absolute atomic E-state index is 0.843. The third-order valence-electron chi connectivity index (χ3n) is 3.15. The van der Waals surface area contributed by atoms with E-state index in [-0.39, 0.29) is 0 Å². The fourth-order valence-corrected chi connectivity index (χ4v) is 1.38. The molecule has 0 aliphatic heterocycles. The highest BCUT2D eigenvalue weighted by Gasteiger charge is 2.40. The van der Waals surface area contributed by atoms with Gasteiger partial charge in [-0.25, -0.2) is 14.4 Å². The van der Waals surface area contributed by atoms with E-state index >= 15 is 0 Å². The minimum atomic E-state index is -2.74. The first-order chi connectivity index (χ1) is 14.3. The Morgan fingerprint density at radius 1 is 0.719 bits per heavy atom. The molecule has 0 aromatic rings. The zero-order chi connectivity index (χ0) is 26.4. The maximum absolute atomic E-state index is 10.3. The largest absolute Gasteiger partial charge is 0.481 e. The standard InChI is InChI=1S/C6H8O7.C6H12O7.C3H6O3/c7-3(8)1-6(13,5(11)12)2-4(9)10;7-1-2(8)3(9)4(10)5(11)6(12)13;1-2(4)3(5)6/h13H,1-2H2,(H,7,8)(H,9,10)(H,11,12);2-5,7-11H,1H2,(H,12,13);2,4H,1H3,(H,5,6). The molecule has 0 aromatic carbocycles. The van der Waals surface area contributed by atoms with E-state index in [0.717, 1.165) is 0 Å². The first-order valence-corrected chi connectivity index (χ1v) is 8.20. The average Bonchev–Trinajstić information content (AvgIpc) is 2.64. The number of carboxylic acid groups (broad SMARTS) is 5. The van der Waals surface area contributed by atoms with Crippen molar-refractivity contribution in [3.63, 3.8) is 0 Å². The third kappa shape index (κ3) is 15.0. The number of aliphatic hydroxyl groups excluding tert-OH is 6. The van der Waals surface area contributed by atoms with Gasteiger partial charge in [-0.15, -0.1) is 0 Å². The van der Waals surface area contributed by atoms with Gasteiger partial charge in [-0.3, -0.25) is 9.59 Å². The van der Waals surface area contributed by atoms with E-state index in [1.807, 2.05) is 0 Å². The second-order valence-corrected chi connectivity index (χ2v) is 6.01. The van der Waals surface area contributed by atoms with E-state index in [4.69, 9.17) is 61.3 Å². The van der Waals surface area contributed by atoms with E-state index in [1.165, 1.54) is 6.92 Å². The second-order valence-electron chi connectivity index (χ2n) is 6.01. The molecule has 0 saturated heterocycles. The SMILES string of the molecule is CC(O)C(=O)O.O=C(O)C(O)C(O)C(O)C(O)CO.O=C(O)CC(O)(CC(=O)O)C(=O)O. The van der Waals surface area contributed by atoms with Crippen LogP contribution in [0.15, 0.2) is 0 Å². The molecule has 188 valence electrons. The van der Waals surface area contributed by atoms with Crippen molar-refractivity contribution in [2.45, 2.75) is 55.9 Å². The first-order valence-electron chi connectivity index (χ1n) is 8.20. The lowest BCUT2D eigenvalue weighted by Crippen LogP contribution is -2.48. The number of hydrogen-bond donors (Lipinski definition) is 12. The second kappa shape index (κ2) is 15.8. The summed E-state index contributed by atoms with van der Waals surface area (Å²) >= 11 is 0. The molecule has 0 rings (SSSR count). The van der Waals surface area contributed by atoms with Gasteiger partial charge in [0.15, 0.2) is 11.7 Å². The van der Waals surface area contributed by atoms with Crippen LogP contribution in [0.1, 0.15) is 19.8 Å². The molecule has 0 heterocycles. The van der Waals surface area contributed by atoms with E-state index in [9.17, 15) is 24.0 Å². The summed E-state index contributed by atoms with van der Waals surface area (Å²) in [6.07, 6.45) is -11.4. The maximum Gasteiger partial charge on any atom is 0.336 e. The molecule has 0 aliphatic carbocycles. The molecule has 0 fully saturated rings. The predicted octanol–water partition coefficient (Wildman–Crippen LogP) is -5.29. The Morgan fingerprint density at radius 2 is 1.06 bits per heavy atom. The van der Waals surface area contributed by atoms with E-state index < -0.39 is 85.4 Å². The Hall–Kier alpha value is -2.93. The quantitative estimate of drug-likeness (QED) is 0.132. The Balaban J connectivity index is -0.000000422. The van der Waals surface area contributed by atoms with Gasteiger partial charge < -0.3 is 61.3 Å². The van der Waals surface area contributed by atoms with Gasteiger partial charge >= 0.3 is 29.8 Å². The van der Waals surface area contributed by atoms with Gasteiger partial charge in [0, 0.05) is 0 Å². The summed E-state index contributed by atoms with van der Waals surface area (Å²) in [7, 11) is 0. The van der Waals surface area contributed by atoms with Gasteiger partial charge in [-0.05, 0) is 6.92 Å². The zero-order valence-electron chi connectivity index (χ0n) is 16.4. The molecule has 0 radical (unpaired) electrons. The van der Waals surface area contributed by atoms with E-state index in [2.05, 4.69) is 0 Å². The lowest BCUT2D eigenvalue weighted by molar-refractivity contribution is -0.170. The predicted molar refractivity (Wildman–Crippen MR) is 95.2 cm³/mol.